The maximum atomic E-state index is 5.62. The van der Waals surface area contributed by atoms with Crippen molar-refractivity contribution >= 4 is 62.1 Å². The summed E-state index contributed by atoms with van der Waals surface area (Å²) in [6.07, 6.45) is 38.1. The molecule has 0 spiro atoms. The minimum Gasteiger partial charge on any atom is -0.310 e. The van der Waals surface area contributed by atoms with Gasteiger partial charge in [-0.1, -0.05) is 202 Å². The molecule has 13 rings (SSSR count). The van der Waals surface area contributed by atoms with Gasteiger partial charge in [0.15, 0.2) is 0 Å². The van der Waals surface area contributed by atoms with E-state index in [1.54, 1.807) is 0 Å². The molecule has 6 aliphatic rings. The first-order valence-corrected chi connectivity index (χ1v) is 24.7. The first-order valence-electron chi connectivity index (χ1n) is 24.7. The summed E-state index contributed by atoms with van der Waals surface area (Å²) in [5.41, 5.74) is 16.8. The molecule has 7 aromatic rings. The third kappa shape index (κ3) is 6.80. The van der Waals surface area contributed by atoms with Gasteiger partial charge in [0.25, 0.3) is 0 Å². The summed E-state index contributed by atoms with van der Waals surface area (Å²) >= 11 is 0. The van der Waals surface area contributed by atoms with E-state index in [9.17, 15) is 0 Å². The van der Waals surface area contributed by atoms with Gasteiger partial charge in [-0.25, -0.2) is 0 Å². The van der Waals surface area contributed by atoms with E-state index in [-0.39, 0.29) is 17.3 Å². The highest BCUT2D eigenvalue weighted by molar-refractivity contribution is 6.15. The average molecular weight is 875 g/mol. The van der Waals surface area contributed by atoms with Crippen molar-refractivity contribution < 1.29 is 0 Å². The molecule has 328 valence electrons. The van der Waals surface area contributed by atoms with E-state index in [4.69, 9.17) is 4.99 Å². The van der Waals surface area contributed by atoms with E-state index in [2.05, 4.69) is 231 Å². The fourth-order valence-electron chi connectivity index (χ4n) is 12.3. The van der Waals surface area contributed by atoms with Crippen LogP contribution >= 0.6 is 0 Å². The Morgan fingerprint density at radius 3 is 2.25 bits per heavy atom. The number of nitrogens with zero attached hydrogens (tertiary/aromatic N) is 2. The summed E-state index contributed by atoms with van der Waals surface area (Å²) in [6.45, 7) is 4.85. The maximum absolute atomic E-state index is 5.62. The van der Waals surface area contributed by atoms with Gasteiger partial charge in [0.1, 0.15) is 0 Å². The van der Waals surface area contributed by atoms with Crippen molar-refractivity contribution in [1.29, 1.82) is 0 Å². The molecule has 4 atom stereocenters. The van der Waals surface area contributed by atoms with E-state index in [1.807, 2.05) is 0 Å². The van der Waals surface area contributed by atoms with Crippen LogP contribution in [0.2, 0.25) is 0 Å². The van der Waals surface area contributed by atoms with Crippen LogP contribution in [0.3, 0.4) is 0 Å². The first kappa shape index (κ1) is 40.7. The molecule has 0 N–H and O–H groups in total. The van der Waals surface area contributed by atoms with Crippen molar-refractivity contribution in [3.05, 3.63) is 261 Å². The van der Waals surface area contributed by atoms with Crippen molar-refractivity contribution in [2.45, 2.75) is 57.3 Å². The Kier molecular flexibility index (Phi) is 9.79. The SMILES string of the molecule is C[C@@H]1C(c2ccccc2)=NC(C2=Cc3c(c4c(C5(C)C=c6c(n(C7=CC8=CC=CC=C(C=C7)C8)c7ccccc67)=CC5)cccc4c4ccccc34)CC2)=CC1C1=CCC(c2ccccc2)C=C1. The third-order valence-electron chi connectivity index (χ3n) is 15.8. The molecule has 6 aromatic carbocycles. The van der Waals surface area contributed by atoms with E-state index in [0.717, 1.165) is 37.8 Å². The number of aliphatic imine (C=N–C) groups is 1. The van der Waals surface area contributed by atoms with Crippen LogP contribution in [0, 0.1) is 11.8 Å². The fraction of sp³-hybridized carbons (Fsp3) is 0.167. The number of aromatic nitrogens is 1. The summed E-state index contributed by atoms with van der Waals surface area (Å²) in [5.74, 6) is 0.876. The molecular formula is C66H54N2. The lowest BCUT2D eigenvalue weighted by molar-refractivity contribution is 0.603. The highest BCUT2D eigenvalue weighted by Crippen LogP contribution is 2.47. The Labute approximate surface area is 399 Å². The number of para-hydroxylation sites is 1. The number of aryl methyl sites for hydroxylation is 1. The molecule has 0 saturated heterocycles. The van der Waals surface area contributed by atoms with E-state index >= 15 is 0 Å². The number of hydrogen-bond donors (Lipinski definition) is 0. The molecule has 5 aliphatic carbocycles. The summed E-state index contributed by atoms with van der Waals surface area (Å²) in [6, 6.07) is 47.1. The van der Waals surface area contributed by atoms with Crippen LogP contribution in [-0.2, 0) is 11.8 Å². The van der Waals surface area contributed by atoms with Crippen LogP contribution in [-0.4, -0.2) is 10.3 Å². The number of benzene rings is 6. The summed E-state index contributed by atoms with van der Waals surface area (Å²) < 4.78 is 2.50. The molecule has 0 radical (unpaired) electrons. The van der Waals surface area contributed by atoms with E-state index in [0.29, 0.717) is 5.92 Å². The number of hydrogen-bond acceptors (Lipinski definition) is 1. The standard InChI is InChI=1S/C66H54N2/c1-43-57(48-31-29-47(30-32-48)46-18-5-3-6-19-46)41-61(67-65(43)49-20-7-4-8-21-49)50-33-35-56-58(40-50)53-23-12-11-22-52(53)55-25-15-26-60(64(55)56)66(2)37-36-63-59(42-66)54-24-13-14-27-62(54)68(63)51-34-28-44-16-9-10-17-45(38-44)39-51/h3-29,31-32,34,36,39-43,47,57H,30,33,35,37-38H2,1-2H3/t43-,47?,57?,66?/m0/s1. The second-order valence-electron chi connectivity index (χ2n) is 19.9. The molecule has 68 heavy (non-hydrogen) atoms. The lowest BCUT2D eigenvalue weighted by Crippen LogP contribution is -2.37. The number of fused-ring (bicyclic) bond motifs is 11. The van der Waals surface area contributed by atoms with E-state index in [1.165, 1.54) is 105 Å². The van der Waals surface area contributed by atoms with Gasteiger partial charge in [0.05, 0.1) is 16.9 Å². The summed E-state index contributed by atoms with van der Waals surface area (Å²) in [4.78, 5) is 5.62. The van der Waals surface area contributed by atoms with Gasteiger partial charge >= 0.3 is 0 Å². The summed E-state index contributed by atoms with van der Waals surface area (Å²) in [7, 11) is 0. The highest BCUT2D eigenvalue weighted by Gasteiger charge is 2.34. The van der Waals surface area contributed by atoms with Crippen LogP contribution in [0.25, 0.3) is 56.4 Å². The monoisotopic (exact) mass is 874 g/mol. The predicted molar refractivity (Wildman–Crippen MR) is 288 cm³/mol. The van der Waals surface area contributed by atoms with Gasteiger partial charge in [-0.05, 0) is 128 Å². The van der Waals surface area contributed by atoms with Crippen LogP contribution in [0.5, 0.6) is 0 Å². The molecule has 2 heteroatoms. The van der Waals surface area contributed by atoms with Crippen molar-refractivity contribution in [3.8, 4) is 0 Å². The second kappa shape index (κ2) is 16.4. The Balaban J connectivity index is 0.950. The second-order valence-corrected chi connectivity index (χ2v) is 19.9. The zero-order valence-corrected chi connectivity index (χ0v) is 38.9. The lowest BCUT2D eigenvalue weighted by atomic mass is 9.72. The quantitative estimate of drug-likeness (QED) is 0.148. The Morgan fingerprint density at radius 2 is 1.43 bits per heavy atom. The average Bonchev–Trinajstić information content (AvgIpc) is 3.51. The Morgan fingerprint density at radius 1 is 0.676 bits per heavy atom. The zero-order valence-electron chi connectivity index (χ0n) is 38.9. The minimum absolute atomic E-state index is 0.229. The Hall–Kier alpha value is -7.55. The van der Waals surface area contributed by atoms with Gasteiger partial charge in [-0.2, -0.15) is 0 Å². The molecule has 3 unspecified atom stereocenters. The summed E-state index contributed by atoms with van der Waals surface area (Å²) in [5, 5.41) is 9.33. The highest BCUT2D eigenvalue weighted by atomic mass is 15.0. The molecule has 2 nitrogen and oxygen atoms in total. The van der Waals surface area contributed by atoms with Gasteiger partial charge in [-0.3, -0.25) is 4.99 Å². The molecule has 2 bridgehead atoms. The first-order chi connectivity index (χ1) is 33.5. The fourth-order valence-corrected chi connectivity index (χ4v) is 12.3. The van der Waals surface area contributed by atoms with Crippen LogP contribution in [0.15, 0.2) is 227 Å². The molecule has 0 saturated carbocycles. The third-order valence-corrected chi connectivity index (χ3v) is 15.8. The predicted octanol–water partition coefficient (Wildman–Crippen LogP) is 14.7. The van der Waals surface area contributed by atoms with Crippen molar-refractivity contribution in [2.24, 2.45) is 16.8 Å². The number of rotatable bonds is 6. The van der Waals surface area contributed by atoms with Gasteiger partial charge in [-0.15, -0.1) is 0 Å². The molecule has 0 amide bonds. The van der Waals surface area contributed by atoms with Gasteiger partial charge in [0, 0.05) is 44.8 Å². The largest absolute Gasteiger partial charge is 0.310 e. The molecular weight excluding hydrogens is 821 g/mol. The molecule has 2 heterocycles. The lowest BCUT2D eigenvalue weighted by Gasteiger charge is -2.33. The smallest absolute Gasteiger partial charge is 0.0632 e. The van der Waals surface area contributed by atoms with Crippen molar-refractivity contribution in [3.63, 3.8) is 0 Å². The van der Waals surface area contributed by atoms with Crippen LogP contribution in [0.1, 0.15) is 73.3 Å². The normalized spacial score (nSPS) is 22.9. The van der Waals surface area contributed by atoms with Gasteiger partial charge < -0.3 is 4.57 Å². The maximum Gasteiger partial charge on any atom is 0.0632 e. The van der Waals surface area contributed by atoms with Crippen molar-refractivity contribution in [1.82, 2.24) is 4.57 Å². The zero-order chi connectivity index (χ0) is 45.3. The molecule has 1 aromatic heterocycles. The topological polar surface area (TPSA) is 17.3 Å². The van der Waals surface area contributed by atoms with Crippen molar-refractivity contribution in [2.75, 3.05) is 0 Å². The minimum atomic E-state index is -0.229. The number of allylic oxidation sites excluding steroid dienone is 16. The van der Waals surface area contributed by atoms with Gasteiger partial charge in [0.2, 0.25) is 0 Å². The Bertz CT molecular complexity index is 3720. The molecule has 0 fully saturated rings. The van der Waals surface area contributed by atoms with E-state index < -0.39 is 0 Å². The van der Waals surface area contributed by atoms with Crippen LogP contribution < -0.4 is 10.6 Å². The molecule has 1 aliphatic heterocycles. The van der Waals surface area contributed by atoms with Crippen LogP contribution in [0.4, 0.5) is 0 Å².